The molecule has 124 valence electrons. The van der Waals surface area contributed by atoms with Crippen LogP contribution in [0.15, 0.2) is 33.6 Å². The fraction of sp³-hybridized carbons (Fsp3) is 0.353. The predicted molar refractivity (Wildman–Crippen MR) is 88.1 cm³/mol. The molecular formula is C17H17N3O4. The van der Waals surface area contributed by atoms with Crippen molar-refractivity contribution in [2.24, 2.45) is 0 Å². The number of benzene rings is 1. The van der Waals surface area contributed by atoms with E-state index in [9.17, 15) is 9.59 Å². The van der Waals surface area contributed by atoms with E-state index < -0.39 is 0 Å². The number of H-pyrrole nitrogens is 1. The van der Waals surface area contributed by atoms with Gasteiger partial charge >= 0.3 is 6.09 Å². The molecule has 0 unspecified atom stereocenters. The summed E-state index contributed by atoms with van der Waals surface area (Å²) in [5, 5.41) is 6.56. The number of likely N-dealkylation sites (tertiary alicyclic amines) is 1. The van der Waals surface area contributed by atoms with Gasteiger partial charge in [0.2, 0.25) is 5.71 Å². The van der Waals surface area contributed by atoms with Gasteiger partial charge < -0.3 is 14.2 Å². The van der Waals surface area contributed by atoms with Gasteiger partial charge in [0.15, 0.2) is 0 Å². The van der Waals surface area contributed by atoms with Crippen LogP contribution in [0.2, 0.25) is 0 Å². The Morgan fingerprint density at radius 1 is 1.29 bits per heavy atom. The summed E-state index contributed by atoms with van der Waals surface area (Å²) in [5.41, 5.74) is 1.08. The van der Waals surface area contributed by atoms with Gasteiger partial charge in [-0.25, -0.2) is 4.79 Å². The summed E-state index contributed by atoms with van der Waals surface area (Å²) in [7, 11) is 1.39. The number of hydrogen-bond donors (Lipinski definition) is 1. The third-order valence-electron chi connectivity index (χ3n) is 4.70. The molecule has 1 aliphatic rings. The molecule has 0 saturated carbocycles. The number of carbonyl (C=O) groups excluding carboxylic acids is 1. The number of ether oxygens (including phenoxy) is 1. The number of amides is 1. The van der Waals surface area contributed by atoms with Gasteiger partial charge in [-0.05, 0) is 18.9 Å². The van der Waals surface area contributed by atoms with Crippen molar-refractivity contribution in [2.75, 3.05) is 20.2 Å². The smallest absolute Gasteiger partial charge is 0.409 e. The van der Waals surface area contributed by atoms with E-state index in [1.165, 1.54) is 7.11 Å². The molecule has 2 aromatic heterocycles. The van der Waals surface area contributed by atoms with Gasteiger partial charge in [-0.3, -0.25) is 9.78 Å². The summed E-state index contributed by atoms with van der Waals surface area (Å²) in [4.78, 5) is 28.2. The van der Waals surface area contributed by atoms with Crippen molar-refractivity contribution < 1.29 is 14.1 Å². The van der Waals surface area contributed by atoms with Gasteiger partial charge in [0.1, 0.15) is 0 Å². The van der Waals surface area contributed by atoms with Crippen molar-refractivity contribution in [3.05, 3.63) is 40.3 Å². The highest BCUT2D eigenvalue weighted by atomic mass is 16.5. The molecule has 7 nitrogen and oxygen atoms in total. The van der Waals surface area contributed by atoms with E-state index in [0.717, 1.165) is 29.3 Å². The molecule has 0 bridgehead atoms. The molecule has 3 heterocycles. The van der Waals surface area contributed by atoms with E-state index in [4.69, 9.17) is 9.26 Å². The van der Waals surface area contributed by atoms with Crippen LogP contribution in [0.5, 0.6) is 0 Å². The minimum absolute atomic E-state index is 0.179. The highest BCUT2D eigenvalue weighted by molar-refractivity contribution is 6.05. The van der Waals surface area contributed by atoms with E-state index in [1.54, 1.807) is 11.0 Å². The van der Waals surface area contributed by atoms with Crippen LogP contribution in [0.25, 0.3) is 21.9 Å². The SMILES string of the molecule is COC(=O)N1CCC(c2noc3[nH]c(=O)c4ccccc4c23)CC1. The largest absolute Gasteiger partial charge is 0.453 e. The number of aromatic amines is 1. The summed E-state index contributed by atoms with van der Waals surface area (Å²) in [5.74, 6) is 0.182. The van der Waals surface area contributed by atoms with Crippen LogP contribution in [-0.4, -0.2) is 41.3 Å². The molecule has 0 radical (unpaired) electrons. The van der Waals surface area contributed by atoms with Crippen molar-refractivity contribution in [2.45, 2.75) is 18.8 Å². The lowest BCUT2D eigenvalue weighted by Gasteiger charge is -2.30. The maximum atomic E-state index is 12.1. The second kappa shape index (κ2) is 5.67. The van der Waals surface area contributed by atoms with E-state index in [2.05, 4.69) is 10.1 Å². The van der Waals surface area contributed by atoms with Crippen molar-refractivity contribution in [3.8, 4) is 0 Å². The second-order valence-corrected chi connectivity index (χ2v) is 6.00. The number of methoxy groups -OCH3 is 1. The first kappa shape index (κ1) is 14.7. The Bertz CT molecular complexity index is 967. The van der Waals surface area contributed by atoms with Crippen molar-refractivity contribution in [1.82, 2.24) is 15.0 Å². The maximum Gasteiger partial charge on any atom is 0.409 e. The van der Waals surface area contributed by atoms with Gasteiger partial charge in [-0.15, -0.1) is 0 Å². The van der Waals surface area contributed by atoms with Crippen LogP contribution in [0, 0.1) is 0 Å². The van der Waals surface area contributed by atoms with E-state index in [1.807, 2.05) is 18.2 Å². The van der Waals surface area contributed by atoms with E-state index >= 15 is 0 Å². The number of nitrogens with zero attached hydrogens (tertiary/aromatic N) is 2. The van der Waals surface area contributed by atoms with Crippen LogP contribution >= 0.6 is 0 Å². The lowest BCUT2D eigenvalue weighted by atomic mass is 9.91. The number of aromatic nitrogens is 2. The van der Waals surface area contributed by atoms with E-state index in [-0.39, 0.29) is 17.6 Å². The minimum Gasteiger partial charge on any atom is -0.453 e. The maximum absolute atomic E-state index is 12.1. The number of nitrogens with one attached hydrogen (secondary N) is 1. The molecule has 3 aromatic rings. The average Bonchev–Trinajstić information content (AvgIpc) is 3.05. The first-order chi connectivity index (χ1) is 11.7. The quantitative estimate of drug-likeness (QED) is 0.742. The normalized spacial score (nSPS) is 16.0. The average molecular weight is 327 g/mol. The molecule has 1 amide bonds. The van der Waals surface area contributed by atoms with Crippen LogP contribution in [0.3, 0.4) is 0 Å². The topological polar surface area (TPSA) is 88.4 Å². The summed E-state index contributed by atoms with van der Waals surface area (Å²) in [6.07, 6.45) is 1.27. The van der Waals surface area contributed by atoms with Gasteiger partial charge in [0, 0.05) is 29.8 Å². The van der Waals surface area contributed by atoms with Gasteiger partial charge in [0.25, 0.3) is 5.56 Å². The number of piperidine rings is 1. The molecule has 0 aliphatic carbocycles. The third-order valence-corrected chi connectivity index (χ3v) is 4.70. The van der Waals surface area contributed by atoms with Crippen LogP contribution in [-0.2, 0) is 4.74 Å². The fourth-order valence-corrected chi connectivity index (χ4v) is 3.46. The first-order valence-electron chi connectivity index (χ1n) is 7.92. The first-order valence-corrected chi connectivity index (χ1v) is 7.92. The molecule has 1 fully saturated rings. The molecule has 24 heavy (non-hydrogen) atoms. The number of hydrogen-bond acceptors (Lipinski definition) is 5. The summed E-state index contributed by atoms with van der Waals surface area (Å²) >= 11 is 0. The Morgan fingerprint density at radius 2 is 2.00 bits per heavy atom. The molecule has 1 aliphatic heterocycles. The van der Waals surface area contributed by atoms with Crippen LogP contribution in [0.1, 0.15) is 24.5 Å². The molecule has 0 spiro atoms. The Hall–Kier alpha value is -2.83. The second-order valence-electron chi connectivity index (χ2n) is 6.00. The number of carbonyl (C=O) groups is 1. The molecule has 1 N–H and O–H groups in total. The standard InChI is InChI=1S/C17H17N3O4/c1-23-17(22)20-8-6-10(7-9-20)14-13-11-4-2-3-5-12(11)15(21)18-16(13)24-19-14/h2-5,10H,6-9H2,1H3,(H,18,21). The highest BCUT2D eigenvalue weighted by Gasteiger charge is 2.28. The monoisotopic (exact) mass is 327 g/mol. The molecule has 4 rings (SSSR count). The Kier molecular flexibility index (Phi) is 3.48. The zero-order valence-electron chi connectivity index (χ0n) is 13.2. The van der Waals surface area contributed by atoms with Crippen LogP contribution < -0.4 is 5.56 Å². The summed E-state index contributed by atoms with van der Waals surface area (Å²) < 4.78 is 10.1. The molecular weight excluding hydrogens is 310 g/mol. The lowest BCUT2D eigenvalue weighted by molar-refractivity contribution is 0.112. The summed E-state index contributed by atoms with van der Waals surface area (Å²) in [6.45, 7) is 1.24. The van der Waals surface area contributed by atoms with Gasteiger partial charge in [0.05, 0.1) is 18.2 Å². The molecule has 7 heteroatoms. The zero-order chi connectivity index (χ0) is 16.7. The minimum atomic E-state index is -0.298. The van der Waals surface area contributed by atoms with Gasteiger partial charge in [-0.2, -0.15) is 0 Å². The molecule has 1 saturated heterocycles. The van der Waals surface area contributed by atoms with Crippen molar-refractivity contribution >= 4 is 28.0 Å². The van der Waals surface area contributed by atoms with Crippen molar-refractivity contribution in [1.29, 1.82) is 0 Å². The number of fused-ring (bicyclic) bond motifs is 3. The zero-order valence-corrected chi connectivity index (χ0v) is 13.2. The third kappa shape index (κ3) is 2.24. The molecule has 0 atom stereocenters. The number of pyridine rings is 1. The fourth-order valence-electron chi connectivity index (χ4n) is 3.46. The Labute approximate surface area is 137 Å². The molecule has 1 aromatic carbocycles. The Balaban J connectivity index is 1.75. The lowest BCUT2D eigenvalue weighted by Crippen LogP contribution is -2.37. The van der Waals surface area contributed by atoms with Crippen molar-refractivity contribution in [3.63, 3.8) is 0 Å². The predicted octanol–water partition coefficient (Wildman–Crippen LogP) is 2.62. The summed E-state index contributed by atoms with van der Waals surface area (Å²) in [6, 6.07) is 7.45. The van der Waals surface area contributed by atoms with E-state index in [0.29, 0.717) is 24.2 Å². The number of rotatable bonds is 1. The van der Waals surface area contributed by atoms with Crippen LogP contribution in [0.4, 0.5) is 4.79 Å². The van der Waals surface area contributed by atoms with Gasteiger partial charge in [-0.1, -0.05) is 23.4 Å². The Morgan fingerprint density at radius 3 is 2.71 bits per heavy atom. The highest BCUT2D eigenvalue weighted by Crippen LogP contribution is 2.34.